The molecule has 0 aromatic heterocycles. The Hall–Kier alpha value is -1.34. The molecule has 1 aromatic carbocycles. The van der Waals surface area contributed by atoms with Gasteiger partial charge in [-0.3, -0.25) is 0 Å². The van der Waals surface area contributed by atoms with Crippen molar-refractivity contribution in [2.24, 2.45) is 5.92 Å². The first kappa shape index (κ1) is 16.5. The molecule has 0 bridgehead atoms. The summed E-state index contributed by atoms with van der Waals surface area (Å²) in [6.07, 6.45) is 11.1. The van der Waals surface area contributed by atoms with E-state index in [0.29, 0.717) is 5.88 Å². The first-order chi connectivity index (χ1) is 11.1. The lowest BCUT2D eigenvalue weighted by molar-refractivity contribution is -0.401. The van der Waals surface area contributed by atoms with Crippen LogP contribution in [0.3, 0.4) is 0 Å². The second-order valence-corrected chi connectivity index (χ2v) is 7.52. The molecule has 0 amide bonds. The standard InChI is InChI=1S/C21H27ClN/c1-16(15-22)14-21(2)18-10-6-7-11-19(18)23(3)20(21)13-12-17-8-4-5-9-17/h6-7,10-13,17H,1,4-5,8-9,14-15H2,2-3H3/q+1. The number of hydrogen-bond donors (Lipinski definition) is 0. The summed E-state index contributed by atoms with van der Waals surface area (Å²) >= 11 is 6.04. The summed E-state index contributed by atoms with van der Waals surface area (Å²) in [5.41, 5.74) is 5.14. The second-order valence-electron chi connectivity index (χ2n) is 7.26. The van der Waals surface area contributed by atoms with Crippen LogP contribution >= 0.6 is 11.6 Å². The molecule has 1 aliphatic heterocycles. The molecule has 1 aromatic rings. The van der Waals surface area contributed by atoms with Gasteiger partial charge < -0.3 is 0 Å². The number of allylic oxidation sites excluding steroid dienone is 3. The van der Waals surface area contributed by atoms with Crippen LogP contribution < -0.4 is 0 Å². The zero-order chi connectivity index (χ0) is 16.4. The summed E-state index contributed by atoms with van der Waals surface area (Å²) in [5.74, 6) is 1.28. The Morgan fingerprint density at radius 3 is 2.74 bits per heavy atom. The van der Waals surface area contributed by atoms with Crippen LogP contribution in [0.5, 0.6) is 0 Å². The van der Waals surface area contributed by atoms with Crippen molar-refractivity contribution >= 4 is 23.0 Å². The molecule has 2 heteroatoms. The quantitative estimate of drug-likeness (QED) is 0.376. The molecule has 1 atom stereocenters. The third-order valence-corrected chi connectivity index (χ3v) is 5.88. The Morgan fingerprint density at radius 1 is 1.35 bits per heavy atom. The predicted molar refractivity (Wildman–Crippen MR) is 100 cm³/mol. The molecule has 0 saturated heterocycles. The number of alkyl halides is 1. The normalized spacial score (nSPS) is 24.7. The van der Waals surface area contributed by atoms with Crippen LogP contribution in [0.1, 0.15) is 44.6 Å². The third kappa shape index (κ3) is 3.04. The fraction of sp³-hybridized carbons (Fsp3) is 0.476. The van der Waals surface area contributed by atoms with Gasteiger partial charge in [-0.05, 0) is 32.1 Å². The molecule has 3 rings (SSSR count). The highest BCUT2D eigenvalue weighted by atomic mass is 35.5. The van der Waals surface area contributed by atoms with Crippen molar-refractivity contribution in [3.63, 3.8) is 0 Å². The van der Waals surface area contributed by atoms with E-state index in [1.165, 1.54) is 42.6 Å². The lowest BCUT2D eigenvalue weighted by Crippen LogP contribution is -2.31. The minimum absolute atomic E-state index is 0.0353. The smallest absolute Gasteiger partial charge is 0.198 e. The van der Waals surface area contributed by atoms with Gasteiger partial charge in [0.1, 0.15) is 7.05 Å². The van der Waals surface area contributed by atoms with Crippen molar-refractivity contribution in [2.75, 3.05) is 12.9 Å². The molecule has 1 unspecified atom stereocenters. The fourth-order valence-electron chi connectivity index (χ4n) is 4.28. The highest BCUT2D eigenvalue weighted by Gasteiger charge is 2.46. The Morgan fingerprint density at radius 2 is 2.04 bits per heavy atom. The molecule has 2 aliphatic rings. The number of nitrogens with zero attached hydrogens (tertiary/aromatic N) is 1. The van der Waals surface area contributed by atoms with E-state index in [1.54, 1.807) is 0 Å². The summed E-state index contributed by atoms with van der Waals surface area (Å²) in [6.45, 7) is 6.50. The van der Waals surface area contributed by atoms with Gasteiger partial charge in [0, 0.05) is 23.6 Å². The van der Waals surface area contributed by atoms with E-state index < -0.39 is 0 Å². The van der Waals surface area contributed by atoms with Crippen molar-refractivity contribution in [2.45, 2.75) is 44.4 Å². The SMILES string of the molecule is C=C(CCl)CC1(C)C(C=CC2CCCC2)=[N+](C)c2ccccc21. The van der Waals surface area contributed by atoms with Crippen molar-refractivity contribution < 1.29 is 4.58 Å². The van der Waals surface area contributed by atoms with Crippen LogP contribution in [-0.2, 0) is 5.41 Å². The highest BCUT2D eigenvalue weighted by Crippen LogP contribution is 2.43. The maximum atomic E-state index is 6.04. The second kappa shape index (κ2) is 6.65. The van der Waals surface area contributed by atoms with Crippen molar-refractivity contribution in [1.82, 2.24) is 0 Å². The Balaban J connectivity index is 2.00. The topological polar surface area (TPSA) is 3.01 Å². The molecule has 0 N–H and O–H groups in total. The van der Waals surface area contributed by atoms with Gasteiger partial charge >= 0.3 is 0 Å². The third-order valence-electron chi connectivity index (χ3n) is 5.51. The van der Waals surface area contributed by atoms with Crippen molar-refractivity contribution in [1.29, 1.82) is 0 Å². The molecule has 1 saturated carbocycles. The van der Waals surface area contributed by atoms with Crippen LogP contribution in [0.4, 0.5) is 5.69 Å². The average Bonchev–Trinajstić information content (AvgIpc) is 3.13. The van der Waals surface area contributed by atoms with Crippen LogP contribution in [-0.4, -0.2) is 23.2 Å². The largest absolute Gasteiger partial charge is 0.209 e. The van der Waals surface area contributed by atoms with Crippen LogP contribution in [0.2, 0.25) is 0 Å². The summed E-state index contributed by atoms with van der Waals surface area (Å²) in [7, 11) is 2.18. The molecule has 1 heterocycles. The monoisotopic (exact) mass is 328 g/mol. The van der Waals surface area contributed by atoms with Crippen LogP contribution in [0.15, 0.2) is 48.6 Å². The molecule has 1 nitrogen and oxygen atoms in total. The first-order valence-electron chi connectivity index (χ1n) is 8.68. The molecule has 0 radical (unpaired) electrons. The summed E-state index contributed by atoms with van der Waals surface area (Å²) in [5, 5.41) is 0. The van der Waals surface area contributed by atoms with E-state index in [4.69, 9.17) is 11.6 Å². The highest BCUT2D eigenvalue weighted by molar-refractivity contribution is 6.19. The predicted octanol–water partition coefficient (Wildman–Crippen LogP) is 5.60. The van der Waals surface area contributed by atoms with E-state index in [1.807, 2.05) is 0 Å². The number of benzene rings is 1. The Kier molecular flexibility index (Phi) is 4.77. The van der Waals surface area contributed by atoms with E-state index in [2.05, 4.69) is 61.5 Å². The number of para-hydroxylation sites is 1. The fourth-order valence-corrected chi connectivity index (χ4v) is 4.37. The Bertz CT molecular complexity index is 664. The maximum absolute atomic E-state index is 6.04. The van der Waals surface area contributed by atoms with Gasteiger partial charge in [0.2, 0.25) is 5.69 Å². The van der Waals surface area contributed by atoms with Gasteiger partial charge in [0.25, 0.3) is 0 Å². The van der Waals surface area contributed by atoms with Crippen molar-refractivity contribution in [3.05, 3.63) is 54.1 Å². The van der Waals surface area contributed by atoms with Crippen LogP contribution in [0.25, 0.3) is 0 Å². The van der Waals surface area contributed by atoms with E-state index in [-0.39, 0.29) is 5.41 Å². The van der Waals surface area contributed by atoms with E-state index in [9.17, 15) is 0 Å². The molecule has 122 valence electrons. The van der Waals surface area contributed by atoms with Crippen molar-refractivity contribution in [3.8, 4) is 0 Å². The lowest BCUT2D eigenvalue weighted by Gasteiger charge is -2.23. The molecule has 1 fully saturated rings. The summed E-state index contributed by atoms with van der Waals surface area (Å²) in [4.78, 5) is 0. The van der Waals surface area contributed by atoms with Crippen LogP contribution in [0, 0.1) is 5.92 Å². The maximum Gasteiger partial charge on any atom is 0.209 e. The van der Waals surface area contributed by atoms with Gasteiger partial charge in [0.05, 0.1) is 5.41 Å². The molecular formula is C21H27ClN+. The number of hydrogen-bond acceptors (Lipinski definition) is 0. The molecule has 23 heavy (non-hydrogen) atoms. The van der Waals surface area contributed by atoms with E-state index in [0.717, 1.165) is 17.9 Å². The number of halogens is 1. The zero-order valence-corrected chi connectivity index (χ0v) is 15.1. The average molecular weight is 329 g/mol. The molecular weight excluding hydrogens is 302 g/mol. The number of fused-ring (bicyclic) bond motifs is 1. The van der Waals surface area contributed by atoms with E-state index >= 15 is 0 Å². The van der Waals surface area contributed by atoms with Gasteiger partial charge in [-0.2, -0.15) is 4.58 Å². The molecule has 1 aliphatic carbocycles. The Labute approximate surface area is 145 Å². The summed E-state index contributed by atoms with van der Waals surface area (Å²) < 4.78 is 2.35. The van der Waals surface area contributed by atoms with Gasteiger partial charge in [0.15, 0.2) is 5.71 Å². The minimum atomic E-state index is -0.0353. The number of rotatable bonds is 5. The lowest BCUT2D eigenvalue weighted by atomic mass is 9.74. The van der Waals surface area contributed by atoms with Gasteiger partial charge in [-0.15, -0.1) is 11.6 Å². The minimum Gasteiger partial charge on any atom is -0.198 e. The molecule has 0 spiro atoms. The zero-order valence-electron chi connectivity index (χ0n) is 14.3. The van der Waals surface area contributed by atoms with Gasteiger partial charge in [-0.1, -0.05) is 49.3 Å². The van der Waals surface area contributed by atoms with Gasteiger partial charge in [-0.25, -0.2) is 0 Å². The first-order valence-corrected chi connectivity index (χ1v) is 9.21. The summed E-state index contributed by atoms with van der Waals surface area (Å²) in [6, 6.07) is 8.73.